The summed E-state index contributed by atoms with van der Waals surface area (Å²) in [7, 11) is 0. The number of thiophene rings is 1. The number of halogens is 1. The van der Waals surface area contributed by atoms with Gasteiger partial charge >= 0.3 is 6.09 Å². The predicted octanol–water partition coefficient (Wildman–Crippen LogP) is 3.21. The SMILES string of the molecule is [N-]=[N+]=NC(=O)Oc1ccc(Cl)s1. The molecular formula is C5H2ClN3O2S. The lowest BCUT2D eigenvalue weighted by Gasteiger charge is -1.91. The number of carbonyl (C=O) groups is 1. The first-order valence-corrected chi connectivity index (χ1v) is 3.94. The van der Waals surface area contributed by atoms with Crippen LogP contribution in [0.1, 0.15) is 0 Å². The van der Waals surface area contributed by atoms with E-state index in [0.29, 0.717) is 9.40 Å². The number of hydrogen-bond donors (Lipinski definition) is 0. The zero-order chi connectivity index (χ0) is 8.97. The molecule has 7 heteroatoms. The molecule has 0 aliphatic heterocycles. The molecule has 0 radical (unpaired) electrons. The van der Waals surface area contributed by atoms with Crippen LogP contribution in [0.3, 0.4) is 0 Å². The topological polar surface area (TPSA) is 75.1 Å². The molecule has 0 N–H and O–H groups in total. The lowest BCUT2D eigenvalue weighted by Crippen LogP contribution is -1.98. The number of azide groups is 1. The molecule has 0 unspecified atom stereocenters. The summed E-state index contributed by atoms with van der Waals surface area (Å²) in [6.07, 6.45) is -0.990. The molecule has 0 aliphatic rings. The molecule has 0 saturated carbocycles. The smallest absolute Gasteiger partial charge is 0.402 e. The normalized spacial score (nSPS) is 8.75. The van der Waals surface area contributed by atoms with Crippen LogP contribution < -0.4 is 4.74 Å². The zero-order valence-electron chi connectivity index (χ0n) is 5.60. The average molecular weight is 204 g/mol. The van der Waals surface area contributed by atoms with Gasteiger partial charge in [-0.3, -0.25) is 0 Å². The van der Waals surface area contributed by atoms with Crippen molar-refractivity contribution in [3.63, 3.8) is 0 Å². The minimum absolute atomic E-state index is 0.303. The quantitative estimate of drug-likeness (QED) is 0.399. The van der Waals surface area contributed by atoms with Crippen LogP contribution >= 0.6 is 22.9 Å². The van der Waals surface area contributed by atoms with Crippen molar-refractivity contribution in [2.24, 2.45) is 5.11 Å². The van der Waals surface area contributed by atoms with Crippen LogP contribution in [0, 0.1) is 0 Å². The first-order chi connectivity index (χ1) is 5.72. The molecule has 1 aromatic rings. The molecule has 0 aromatic carbocycles. The second-order valence-electron chi connectivity index (χ2n) is 1.62. The van der Waals surface area contributed by atoms with E-state index in [4.69, 9.17) is 17.1 Å². The Hall–Kier alpha value is -1.23. The Bertz CT molecular complexity index is 344. The molecule has 12 heavy (non-hydrogen) atoms. The summed E-state index contributed by atoms with van der Waals surface area (Å²) in [5.74, 6) is 0. The maximum atomic E-state index is 10.5. The molecule has 62 valence electrons. The van der Waals surface area contributed by atoms with Crippen molar-refractivity contribution >= 4 is 29.0 Å². The van der Waals surface area contributed by atoms with E-state index in [-0.39, 0.29) is 0 Å². The van der Waals surface area contributed by atoms with Gasteiger partial charge in [-0.2, -0.15) is 0 Å². The van der Waals surface area contributed by atoms with Crippen LogP contribution in [-0.2, 0) is 0 Å². The highest BCUT2D eigenvalue weighted by Crippen LogP contribution is 2.28. The molecule has 1 amide bonds. The fourth-order valence-corrected chi connectivity index (χ4v) is 1.36. The van der Waals surface area contributed by atoms with Gasteiger partial charge < -0.3 is 4.74 Å². The summed E-state index contributed by atoms with van der Waals surface area (Å²) in [5.41, 5.74) is 7.85. The van der Waals surface area contributed by atoms with Crippen molar-refractivity contribution in [1.82, 2.24) is 0 Å². The van der Waals surface area contributed by atoms with Crippen LogP contribution in [0.25, 0.3) is 10.4 Å². The van der Waals surface area contributed by atoms with E-state index < -0.39 is 6.09 Å². The molecule has 0 aliphatic carbocycles. The maximum absolute atomic E-state index is 10.5. The minimum Gasteiger partial charge on any atom is -0.411 e. The minimum atomic E-state index is -0.990. The molecule has 0 spiro atoms. The molecule has 0 fully saturated rings. The summed E-state index contributed by atoms with van der Waals surface area (Å²) in [6, 6.07) is 3.09. The van der Waals surface area contributed by atoms with Gasteiger partial charge in [-0.15, -0.1) is 0 Å². The number of ether oxygens (including phenoxy) is 1. The van der Waals surface area contributed by atoms with Crippen LogP contribution in [0.5, 0.6) is 5.06 Å². The van der Waals surface area contributed by atoms with E-state index in [1.54, 1.807) is 6.07 Å². The second-order valence-corrected chi connectivity index (χ2v) is 3.29. The molecule has 1 heterocycles. The Morgan fingerprint density at radius 2 is 2.50 bits per heavy atom. The highest BCUT2D eigenvalue weighted by molar-refractivity contribution is 7.17. The molecule has 5 nitrogen and oxygen atoms in total. The molecule has 1 aromatic heterocycles. The van der Waals surface area contributed by atoms with Gasteiger partial charge in [-0.05, 0) is 17.7 Å². The van der Waals surface area contributed by atoms with Crippen molar-refractivity contribution in [2.45, 2.75) is 0 Å². The fraction of sp³-hybridized carbons (Fsp3) is 0. The average Bonchev–Trinajstić information content (AvgIpc) is 2.36. The van der Waals surface area contributed by atoms with Crippen molar-refractivity contribution in [1.29, 1.82) is 0 Å². The lowest BCUT2D eigenvalue weighted by molar-refractivity contribution is 0.212. The maximum Gasteiger partial charge on any atom is 0.402 e. The van der Waals surface area contributed by atoms with Gasteiger partial charge in [0, 0.05) is 10.0 Å². The third kappa shape index (κ3) is 2.43. The molecular weight excluding hydrogens is 202 g/mol. The molecule has 0 atom stereocenters. The number of hydrogen-bond acceptors (Lipinski definition) is 3. The number of rotatable bonds is 1. The molecule has 0 bridgehead atoms. The van der Waals surface area contributed by atoms with Gasteiger partial charge in [-0.25, -0.2) is 4.79 Å². The van der Waals surface area contributed by atoms with E-state index in [1.807, 2.05) is 0 Å². The van der Waals surface area contributed by atoms with Gasteiger partial charge in [0.1, 0.15) is 0 Å². The van der Waals surface area contributed by atoms with Gasteiger partial charge in [0.05, 0.1) is 4.34 Å². The largest absolute Gasteiger partial charge is 0.411 e. The van der Waals surface area contributed by atoms with E-state index in [0.717, 1.165) is 11.3 Å². The van der Waals surface area contributed by atoms with Gasteiger partial charge in [-0.1, -0.05) is 22.9 Å². The Morgan fingerprint density at radius 3 is 3.00 bits per heavy atom. The Balaban J connectivity index is 2.64. The third-order valence-corrected chi connectivity index (χ3v) is 1.97. The summed E-state index contributed by atoms with van der Waals surface area (Å²) in [4.78, 5) is 12.8. The highest BCUT2D eigenvalue weighted by atomic mass is 35.5. The summed E-state index contributed by atoms with van der Waals surface area (Å²) < 4.78 is 5.05. The fourth-order valence-electron chi connectivity index (χ4n) is 0.496. The van der Waals surface area contributed by atoms with Crippen LogP contribution in [0.4, 0.5) is 4.79 Å². The van der Waals surface area contributed by atoms with Crippen molar-refractivity contribution in [3.8, 4) is 5.06 Å². The lowest BCUT2D eigenvalue weighted by atomic mass is 10.6. The van der Waals surface area contributed by atoms with Gasteiger partial charge in [0.15, 0.2) is 5.06 Å². The molecule has 0 saturated heterocycles. The standard InChI is InChI=1S/C5H2ClN3O2S/c6-3-1-2-4(12-3)11-5(10)8-9-7/h1-2H. The first kappa shape index (κ1) is 8.86. The monoisotopic (exact) mass is 203 g/mol. The van der Waals surface area contributed by atoms with Crippen LogP contribution in [0.2, 0.25) is 4.34 Å². The Labute approximate surface area is 76.1 Å². The summed E-state index contributed by atoms with van der Waals surface area (Å²) in [5, 5.41) is 3.02. The van der Waals surface area contributed by atoms with Crippen molar-refractivity contribution < 1.29 is 9.53 Å². The van der Waals surface area contributed by atoms with Crippen molar-refractivity contribution in [3.05, 3.63) is 26.9 Å². The van der Waals surface area contributed by atoms with Gasteiger partial charge in [0.2, 0.25) is 0 Å². The summed E-state index contributed by atoms with van der Waals surface area (Å²) in [6.45, 7) is 0. The van der Waals surface area contributed by atoms with Crippen molar-refractivity contribution in [2.75, 3.05) is 0 Å². The number of amides is 1. The third-order valence-electron chi connectivity index (χ3n) is 0.863. The Morgan fingerprint density at radius 1 is 1.75 bits per heavy atom. The van der Waals surface area contributed by atoms with Gasteiger partial charge in [0.25, 0.3) is 0 Å². The first-order valence-electron chi connectivity index (χ1n) is 2.74. The second kappa shape index (κ2) is 3.96. The zero-order valence-corrected chi connectivity index (χ0v) is 7.17. The number of nitrogens with zero attached hydrogens (tertiary/aromatic N) is 3. The van der Waals surface area contributed by atoms with Crippen LogP contribution in [-0.4, -0.2) is 6.09 Å². The van der Waals surface area contributed by atoms with E-state index in [2.05, 4.69) is 14.8 Å². The number of carbonyl (C=O) groups excluding carboxylic acids is 1. The van der Waals surface area contributed by atoms with Crippen LogP contribution in [0.15, 0.2) is 17.2 Å². The predicted molar refractivity (Wildman–Crippen MR) is 44.5 cm³/mol. The highest BCUT2D eigenvalue weighted by Gasteiger charge is 2.03. The van der Waals surface area contributed by atoms with E-state index in [9.17, 15) is 4.79 Å². The molecule has 1 rings (SSSR count). The summed E-state index contributed by atoms with van der Waals surface area (Å²) >= 11 is 6.63. The van der Waals surface area contributed by atoms with E-state index >= 15 is 0 Å². The van der Waals surface area contributed by atoms with E-state index in [1.165, 1.54) is 6.07 Å². The Kier molecular flexibility index (Phi) is 2.93.